The van der Waals surface area contributed by atoms with Crippen molar-refractivity contribution in [3.05, 3.63) is 113 Å². The van der Waals surface area contributed by atoms with Crippen molar-refractivity contribution in [3.63, 3.8) is 0 Å². The Balaban J connectivity index is 1.42. The Bertz CT molecular complexity index is 1540. The topological polar surface area (TPSA) is 134 Å². The van der Waals surface area contributed by atoms with Crippen molar-refractivity contribution < 1.29 is 26.8 Å². The molecule has 0 spiro atoms. The fraction of sp³-hybridized carbons (Fsp3) is 0.179. The molecule has 0 aliphatic carbocycles. The van der Waals surface area contributed by atoms with E-state index in [0.717, 1.165) is 16.7 Å². The lowest BCUT2D eigenvalue weighted by Crippen LogP contribution is -2.37. The number of nitrogens with one attached hydrogen (secondary N) is 2. The van der Waals surface area contributed by atoms with E-state index in [4.69, 9.17) is 8.83 Å². The van der Waals surface area contributed by atoms with E-state index in [-0.39, 0.29) is 30.3 Å². The minimum absolute atomic E-state index is 0.0283. The highest BCUT2D eigenvalue weighted by molar-refractivity contribution is 7.89. The van der Waals surface area contributed by atoms with Crippen LogP contribution in [0.15, 0.2) is 97.9 Å². The summed E-state index contributed by atoms with van der Waals surface area (Å²) in [6, 6.07) is 20.9. The standard InChI is InChI=1S/C28H28N4O6S/c1-20-5-9-22(10-6-20)18-32(39(35,36)26-13-7-21(2)8-14-26)19-25-12-11-24(38-25)17-30-31-28(34)27(33)29-16-23-4-3-15-37-23/h3-15,17H,16,18-19H2,1-2H3,(H,29,33)(H,31,34)/b30-17+. The average molecular weight is 549 g/mol. The highest BCUT2D eigenvalue weighted by Gasteiger charge is 2.26. The summed E-state index contributed by atoms with van der Waals surface area (Å²) in [5.74, 6) is -0.690. The molecule has 0 unspecified atom stereocenters. The van der Waals surface area contributed by atoms with Gasteiger partial charge in [-0.15, -0.1) is 0 Å². The Hall–Kier alpha value is -4.48. The Labute approximate surface area is 226 Å². The third-order valence-corrected chi connectivity index (χ3v) is 7.53. The van der Waals surface area contributed by atoms with E-state index in [1.165, 1.54) is 16.8 Å². The first kappa shape index (κ1) is 27.6. The monoisotopic (exact) mass is 548 g/mol. The molecule has 11 heteroatoms. The lowest BCUT2D eigenvalue weighted by atomic mass is 10.1. The molecule has 0 aliphatic heterocycles. The van der Waals surface area contributed by atoms with Crippen LogP contribution < -0.4 is 10.7 Å². The summed E-state index contributed by atoms with van der Waals surface area (Å²) in [4.78, 5) is 24.0. The SMILES string of the molecule is Cc1ccc(CN(Cc2ccc(/C=N/NC(=O)C(=O)NCc3ccco3)o2)S(=O)(=O)c2ccc(C)cc2)cc1. The molecule has 4 aromatic rings. The van der Waals surface area contributed by atoms with Gasteiger partial charge in [0, 0.05) is 6.54 Å². The molecule has 2 heterocycles. The van der Waals surface area contributed by atoms with E-state index < -0.39 is 21.8 Å². The number of carbonyl (C=O) groups excluding carboxylic acids is 2. The zero-order chi connectivity index (χ0) is 27.8. The summed E-state index contributed by atoms with van der Waals surface area (Å²) < 4.78 is 39.2. The van der Waals surface area contributed by atoms with Gasteiger partial charge in [0.15, 0.2) is 0 Å². The number of hydrazone groups is 1. The smallest absolute Gasteiger partial charge is 0.329 e. The molecule has 10 nitrogen and oxygen atoms in total. The van der Waals surface area contributed by atoms with Gasteiger partial charge in [-0.2, -0.15) is 9.41 Å². The van der Waals surface area contributed by atoms with Gasteiger partial charge in [-0.25, -0.2) is 13.8 Å². The van der Waals surface area contributed by atoms with Gasteiger partial charge in [0.1, 0.15) is 17.3 Å². The Kier molecular flexibility index (Phi) is 8.74. The summed E-state index contributed by atoms with van der Waals surface area (Å²) in [6.07, 6.45) is 2.68. The molecule has 2 amide bonds. The van der Waals surface area contributed by atoms with Gasteiger partial charge in [-0.1, -0.05) is 47.5 Å². The number of nitrogens with zero attached hydrogens (tertiary/aromatic N) is 2. The molecule has 39 heavy (non-hydrogen) atoms. The van der Waals surface area contributed by atoms with Crippen molar-refractivity contribution in [3.8, 4) is 0 Å². The minimum Gasteiger partial charge on any atom is -0.467 e. The zero-order valence-electron chi connectivity index (χ0n) is 21.5. The molecule has 0 saturated heterocycles. The predicted molar refractivity (Wildman–Crippen MR) is 144 cm³/mol. The molecule has 2 aromatic carbocycles. The van der Waals surface area contributed by atoms with Crippen molar-refractivity contribution >= 4 is 28.1 Å². The minimum atomic E-state index is -3.84. The predicted octanol–water partition coefficient (Wildman–Crippen LogP) is 3.65. The van der Waals surface area contributed by atoms with Crippen LogP contribution in [0, 0.1) is 13.8 Å². The zero-order valence-corrected chi connectivity index (χ0v) is 22.3. The van der Waals surface area contributed by atoms with Crippen LogP contribution >= 0.6 is 0 Å². The fourth-order valence-electron chi connectivity index (χ4n) is 3.57. The van der Waals surface area contributed by atoms with E-state index in [0.29, 0.717) is 11.5 Å². The summed E-state index contributed by atoms with van der Waals surface area (Å²) >= 11 is 0. The van der Waals surface area contributed by atoms with Crippen molar-refractivity contribution in [1.82, 2.24) is 15.0 Å². The first-order chi connectivity index (χ1) is 18.7. The van der Waals surface area contributed by atoms with Crippen molar-refractivity contribution in [2.45, 2.75) is 38.4 Å². The van der Waals surface area contributed by atoms with Gasteiger partial charge in [0.2, 0.25) is 10.0 Å². The maximum Gasteiger partial charge on any atom is 0.329 e. The van der Waals surface area contributed by atoms with Gasteiger partial charge in [-0.05, 0) is 55.8 Å². The number of benzene rings is 2. The highest BCUT2D eigenvalue weighted by atomic mass is 32.2. The molecule has 0 atom stereocenters. The molecule has 2 N–H and O–H groups in total. The quantitative estimate of drug-likeness (QED) is 0.177. The lowest BCUT2D eigenvalue weighted by Gasteiger charge is -2.21. The molecule has 0 bridgehead atoms. The normalized spacial score (nSPS) is 11.7. The first-order valence-corrected chi connectivity index (χ1v) is 13.5. The van der Waals surface area contributed by atoms with E-state index in [9.17, 15) is 18.0 Å². The first-order valence-electron chi connectivity index (χ1n) is 12.1. The van der Waals surface area contributed by atoms with Crippen molar-refractivity contribution in [2.75, 3.05) is 0 Å². The number of rotatable bonds is 10. The fourth-order valence-corrected chi connectivity index (χ4v) is 4.97. The maximum atomic E-state index is 13.5. The van der Waals surface area contributed by atoms with Crippen molar-refractivity contribution in [1.29, 1.82) is 0 Å². The van der Waals surface area contributed by atoms with Crippen molar-refractivity contribution in [2.24, 2.45) is 5.10 Å². The summed E-state index contributed by atoms with van der Waals surface area (Å²) in [5.41, 5.74) is 4.98. The van der Waals surface area contributed by atoms with E-state index in [1.807, 2.05) is 38.1 Å². The Morgan fingerprint density at radius 2 is 1.56 bits per heavy atom. The van der Waals surface area contributed by atoms with Crippen LogP contribution in [0.25, 0.3) is 0 Å². The van der Waals surface area contributed by atoms with Crippen LogP contribution in [0.2, 0.25) is 0 Å². The van der Waals surface area contributed by atoms with E-state index >= 15 is 0 Å². The number of sulfonamides is 1. The summed E-state index contributed by atoms with van der Waals surface area (Å²) in [5, 5.41) is 6.15. The van der Waals surface area contributed by atoms with Gasteiger partial charge in [0.05, 0.1) is 30.5 Å². The Morgan fingerprint density at radius 3 is 2.23 bits per heavy atom. The largest absolute Gasteiger partial charge is 0.467 e. The molecule has 0 aliphatic rings. The lowest BCUT2D eigenvalue weighted by molar-refractivity contribution is -0.139. The molecular weight excluding hydrogens is 520 g/mol. The second kappa shape index (κ2) is 12.4. The van der Waals surface area contributed by atoms with Crippen LogP contribution in [-0.4, -0.2) is 30.8 Å². The summed E-state index contributed by atoms with van der Waals surface area (Å²) in [6.45, 7) is 4.03. The molecular formula is C28H28N4O6S. The number of carbonyl (C=O) groups is 2. The second-order valence-corrected chi connectivity index (χ2v) is 10.8. The molecule has 202 valence electrons. The number of furan rings is 2. The number of hydrogen-bond acceptors (Lipinski definition) is 7. The van der Waals surface area contributed by atoms with Gasteiger partial charge >= 0.3 is 11.8 Å². The molecule has 0 fully saturated rings. The second-order valence-electron chi connectivity index (χ2n) is 8.84. The third-order valence-electron chi connectivity index (χ3n) is 5.72. The number of aryl methyl sites for hydroxylation is 2. The van der Waals surface area contributed by atoms with Gasteiger partial charge in [-0.3, -0.25) is 9.59 Å². The molecule has 4 rings (SSSR count). The number of hydrogen-bond donors (Lipinski definition) is 2. The van der Waals surface area contributed by atoms with Crippen LogP contribution in [0.4, 0.5) is 0 Å². The maximum absolute atomic E-state index is 13.5. The number of amides is 2. The van der Waals surface area contributed by atoms with E-state index in [2.05, 4.69) is 15.8 Å². The summed E-state index contributed by atoms with van der Waals surface area (Å²) in [7, 11) is -3.84. The van der Waals surface area contributed by atoms with Crippen LogP contribution in [0.5, 0.6) is 0 Å². The molecule has 0 saturated carbocycles. The molecule has 2 aromatic heterocycles. The Morgan fingerprint density at radius 1 is 0.872 bits per heavy atom. The van der Waals surface area contributed by atoms with Gasteiger partial charge in [0.25, 0.3) is 0 Å². The van der Waals surface area contributed by atoms with Crippen LogP contribution in [-0.2, 0) is 39.2 Å². The third kappa shape index (κ3) is 7.53. The van der Waals surface area contributed by atoms with Crippen LogP contribution in [0.3, 0.4) is 0 Å². The molecule has 0 radical (unpaired) electrons. The average Bonchev–Trinajstić information content (AvgIpc) is 3.60. The van der Waals surface area contributed by atoms with E-state index in [1.54, 1.807) is 48.5 Å². The highest BCUT2D eigenvalue weighted by Crippen LogP contribution is 2.22. The van der Waals surface area contributed by atoms with Crippen LogP contribution in [0.1, 0.15) is 34.0 Å². The van der Waals surface area contributed by atoms with Gasteiger partial charge < -0.3 is 14.2 Å².